The number of methoxy groups -OCH3 is 2. The van der Waals surface area contributed by atoms with E-state index in [1.807, 2.05) is 0 Å². The number of nitrogens with one attached hydrogen (secondary N) is 1. The number of aromatic nitrogens is 2. The number of hydrogen-bond acceptors (Lipinski definition) is 7. The minimum Gasteiger partial charge on any atom is -0.497 e. The summed E-state index contributed by atoms with van der Waals surface area (Å²) in [6.45, 7) is 0. The Hall–Kier alpha value is -3.36. The molecule has 2 rings (SSSR count). The van der Waals surface area contributed by atoms with Crippen molar-refractivity contribution in [3.05, 3.63) is 50.1 Å². The second-order valence-corrected chi connectivity index (χ2v) is 4.32. The normalized spacial score (nSPS) is 10.7. The summed E-state index contributed by atoms with van der Waals surface area (Å²) < 4.78 is 10.3. The van der Waals surface area contributed by atoms with Crippen molar-refractivity contribution in [3.8, 4) is 17.4 Å². The molecule has 2 aromatic rings. The monoisotopic (exact) mass is 319 g/mol. The predicted molar refractivity (Wildman–Crippen MR) is 81.7 cm³/mol. The maximum atomic E-state index is 11.5. The smallest absolute Gasteiger partial charge is 0.395 e. The third-order valence-corrected chi connectivity index (χ3v) is 2.94. The highest BCUT2D eigenvalue weighted by atomic mass is 16.6. The van der Waals surface area contributed by atoms with E-state index in [9.17, 15) is 20.0 Å². The molecule has 0 saturated carbocycles. The zero-order valence-corrected chi connectivity index (χ0v) is 12.3. The summed E-state index contributed by atoms with van der Waals surface area (Å²) in [7, 11) is 3.02. The van der Waals surface area contributed by atoms with Crippen LogP contribution in [0.5, 0.6) is 17.4 Å². The van der Waals surface area contributed by atoms with Crippen LogP contribution in [-0.2, 0) is 0 Å². The molecule has 9 heteroatoms. The molecule has 0 atom stereocenters. The van der Waals surface area contributed by atoms with E-state index in [4.69, 9.17) is 9.47 Å². The van der Waals surface area contributed by atoms with Crippen LogP contribution in [0.1, 0.15) is 11.4 Å². The molecule has 9 nitrogen and oxygen atoms in total. The highest BCUT2D eigenvalue weighted by molar-refractivity contribution is 5.71. The lowest BCUT2D eigenvalue weighted by molar-refractivity contribution is -0.387. The highest BCUT2D eigenvalue weighted by Gasteiger charge is 2.21. The molecular weight excluding hydrogens is 306 g/mol. The van der Waals surface area contributed by atoms with Gasteiger partial charge in [0.05, 0.1) is 19.1 Å². The van der Waals surface area contributed by atoms with Gasteiger partial charge in [0, 0.05) is 11.6 Å². The summed E-state index contributed by atoms with van der Waals surface area (Å²) in [5.74, 6) is 0.156. The molecule has 2 N–H and O–H groups in total. The van der Waals surface area contributed by atoms with E-state index in [0.29, 0.717) is 17.1 Å². The van der Waals surface area contributed by atoms with Crippen LogP contribution in [0, 0.1) is 10.1 Å². The molecule has 0 fully saturated rings. The fraction of sp³-hybridized carbons (Fsp3) is 0.143. The molecule has 0 bridgehead atoms. The quantitative estimate of drug-likeness (QED) is 0.632. The standard InChI is InChI=1S/C14H13N3O6/c1-22-9-5-3-8(10(7-9)23-2)4-6-11-15-13(18)12(17(20)21)14(19)16-11/h3-7H,1-2H3,(H2,15,16,18,19)/b6-4+. The largest absolute Gasteiger partial charge is 0.497 e. The highest BCUT2D eigenvalue weighted by Crippen LogP contribution is 2.26. The van der Waals surface area contributed by atoms with Gasteiger partial charge >= 0.3 is 11.2 Å². The molecule has 0 radical (unpaired) electrons. The molecule has 0 aliphatic carbocycles. The van der Waals surface area contributed by atoms with Crippen LogP contribution in [0.25, 0.3) is 12.2 Å². The number of aromatic hydroxyl groups is 1. The van der Waals surface area contributed by atoms with Gasteiger partial charge in [-0.15, -0.1) is 0 Å². The maximum absolute atomic E-state index is 11.5. The Kier molecular flexibility index (Phi) is 4.60. The molecule has 23 heavy (non-hydrogen) atoms. The number of ether oxygens (including phenoxy) is 2. The van der Waals surface area contributed by atoms with Gasteiger partial charge < -0.3 is 19.6 Å². The average Bonchev–Trinajstić information content (AvgIpc) is 2.51. The summed E-state index contributed by atoms with van der Waals surface area (Å²) in [5.41, 5.74) is -1.37. The van der Waals surface area contributed by atoms with Crippen molar-refractivity contribution < 1.29 is 19.5 Å². The molecular formula is C14H13N3O6. The SMILES string of the molecule is COc1ccc(/C=C/c2nc(O)c([N+](=O)[O-])c(=O)[nH]2)c(OC)c1. The Morgan fingerprint density at radius 2 is 2.04 bits per heavy atom. The summed E-state index contributed by atoms with van der Waals surface area (Å²) in [4.78, 5) is 26.9. The number of aromatic amines is 1. The van der Waals surface area contributed by atoms with Crippen molar-refractivity contribution >= 4 is 17.8 Å². The van der Waals surface area contributed by atoms with E-state index in [1.165, 1.54) is 20.3 Å². The molecule has 120 valence electrons. The van der Waals surface area contributed by atoms with Crippen LogP contribution in [0.4, 0.5) is 5.69 Å². The van der Waals surface area contributed by atoms with Crippen molar-refractivity contribution in [1.82, 2.24) is 9.97 Å². The number of hydrogen-bond donors (Lipinski definition) is 2. The van der Waals surface area contributed by atoms with Gasteiger partial charge in [0.2, 0.25) is 0 Å². The Labute approximate surface area is 130 Å². The van der Waals surface area contributed by atoms with Crippen molar-refractivity contribution in [2.75, 3.05) is 14.2 Å². The predicted octanol–water partition coefficient (Wildman–Crippen LogP) is 1.57. The van der Waals surface area contributed by atoms with Crippen molar-refractivity contribution in [2.45, 2.75) is 0 Å². The van der Waals surface area contributed by atoms with Crippen LogP contribution in [-0.4, -0.2) is 34.2 Å². The van der Waals surface area contributed by atoms with Gasteiger partial charge in [0.15, 0.2) is 0 Å². The minimum atomic E-state index is -1.04. The number of rotatable bonds is 5. The molecule has 0 unspecified atom stereocenters. The van der Waals surface area contributed by atoms with E-state index >= 15 is 0 Å². The zero-order valence-electron chi connectivity index (χ0n) is 12.3. The third kappa shape index (κ3) is 3.46. The van der Waals surface area contributed by atoms with Gasteiger partial charge in [-0.2, -0.15) is 4.98 Å². The lowest BCUT2D eigenvalue weighted by atomic mass is 10.1. The van der Waals surface area contributed by atoms with Gasteiger partial charge in [-0.05, 0) is 24.3 Å². The number of nitro groups is 1. The number of benzene rings is 1. The fourth-order valence-electron chi connectivity index (χ4n) is 1.84. The molecule has 1 heterocycles. The molecule has 0 amide bonds. The van der Waals surface area contributed by atoms with Gasteiger partial charge in [0.25, 0.3) is 5.88 Å². The first kappa shape index (κ1) is 16.0. The van der Waals surface area contributed by atoms with Crippen LogP contribution in [0.15, 0.2) is 23.0 Å². The first-order valence-corrected chi connectivity index (χ1v) is 6.34. The van der Waals surface area contributed by atoms with Gasteiger partial charge in [-0.1, -0.05) is 0 Å². The topological polar surface area (TPSA) is 128 Å². The summed E-state index contributed by atoms with van der Waals surface area (Å²) >= 11 is 0. The lowest BCUT2D eigenvalue weighted by Crippen LogP contribution is -2.14. The van der Waals surface area contributed by atoms with Crippen molar-refractivity contribution in [3.63, 3.8) is 0 Å². The molecule has 1 aromatic carbocycles. The lowest BCUT2D eigenvalue weighted by Gasteiger charge is -2.07. The summed E-state index contributed by atoms with van der Waals surface area (Å²) in [6.07, 6.45) is 2.96. The Bertz CT molecular complexity index is 828. The average molecular weight is 319 g/mol. The van der Waals surface area contributed by atoms with E-state index < -0.39 is 22.0 Å². The summed E-state index contributed by atoms with van der Waals surface area (Å²) in [5, 5.41) is 20.1. The van der Waals surface area contributed by atoms with E-state index in [1.54, 1.807) is 24.3 Å². The third-order valence-electron chi connectivity index (χ3n) is 2.94. The summed E-state index contributed by atoms with van der Waals surface area (Å²) in [6, 6.07) is 5.10. The molecule has 0 spiro atoms. The first-order valence-electron chi connectivity index (χ1n) is 6.34. The second-order valence-electron chi connectivity index (χ2n) is 4.32. The minimum absolute atomic E-state index is 0.0315. The first-order chi connectivity index (χ1) is 11.0. The van der Waals surface area contributed by atoms with Crippen molar-refractivity contribution in [2.24, 2.45) is 0 Å². The van der Waals surface area contributed by atoms with Crippen molar-refractivity contribution in [1.29, 1.82) is 0 Å². The van der Waals surface area contributed by atoms with Crippen LogP contribution >= 0.6 is 0 Å². The van der Waals surface area contributed by atoms with Gasteiger partial charge in [-0.25, -0.2) is 0 Å². The number of H-pyrrole nitrogens is 1. The van der Waals surface area contributed by atoms with Crippen LogP contribution < -0.4 is 15.0 Å². The van der Waals surface area contributed by atoms with Crippen LogP contribution in [0.3, 0.4) is 0 Å². The maximum Gasteiger partial charge on any atom is 0.395 e. The fourth-order valence-corrected chi connectivity index (χ4v) is 1.84. The molecule has 0 aliphatic rings. The Morgan fingerprint density at radius 3 is 2.61 bits per heavy atom. The molecule has 0 aliphatic heterocycles. The van der Waals surface area contributed by atoms with Gasteiger partial charge in [-0.3, -0.25) is 14.9 Å². The molecule has 0 saturated heterocycles. The van der Waals surface area contributed by atoms with Gasteiger partial charge in [0.1, 0.15) is 17.3 Å². The zero-order chi connectivity index (χ0) is 17.0. The Balaban J connectivity index is 2.38. The second kappa shape index (κ2) is 6.60. The van der Waals surface area contributed by atoms with Crippen LogP contribution in [0.2, 0.25) is 0 Å². The van der Waals surface area contributed by atoms with E-state index in [0.717, 1.165) is 0 Å². The van der Waals surface area contributed by atoms with E-state index in [-0.39, 0.29) is 5.82 Å². The Morgan fingerprint density at radius 1 is 1.30 bits per heavy atom. The molecule has 1 aromatic heterocycles. The van der Waals surface area contributed by atoms with E-state index in [2.05, 4.69) is 9.97 Å². The number of nitrogens with zero attached hydrogens (tertiary/aromatic N) is 2.